The van der Waals surface area contributed by atoms with Gasteiger partial charge in [-0.1, -0.05) is 13.8 Å². The second-order valence-electron chi connectivity index (χ2n) is 4.53. The van der Waals surface area contributed by atoms with E-state index in [9.17, 15) is 9.59 Å². The van der Waals surface area contributed by atoms with Gasteiger partial charge in [-0.15, -0.1) is 0 Å². The Labute approximate surface area is 111 Å². The number of piperazine rings is 1. The molecule has 1 N–H and O–H groups in total. The quantitative estimate of drug-likeness (QED) is 0.903. The van der Waals surface area contributed by atoms with Gasteiger partial charge in [0, 0.05) is 6.54 Å². The minimum Gasteiger partial charge on any atom is -0.345 e. The Morgan fingerprint density at radius 1 is 1.39 bits per heavy atom. The average molecular weight is 266 g/mol. The molecule has 1 aliphatic heterocycles. The highest BCUT2D eigenvalue weighted by Crippen LogP contribution is 2.29. The molecule has 98 valence electrons. The Morgan fingerprint density at radius 3 is 2.67 bits per heavy atom. The summed E-state index contributed by atoms with van der Waals surface area (Å²) in [5.74, 6) is -0.0215. The summed E-state index contributed by atoms with van der Waals surface area (Å²) < 4.78 is 0. The summed E-state index contributed by atoms with van der Waals surface area (Å²) in [5, 5.41) is 6.72. The number of nitrogens with one attached hydrogen (secondary N) is 1. The van der Waals surface area contributed by atoms with Crippen molar-refractivity contribution in [2.75, 3.05) is 6.54 Å². The molecule has 0 bridgehead atoms. The maximum Gasteiger partial charge on any atom is 0.246 e. The molecule has 1 aromatic heterocycles. The summed E-state index contributed by atoms with van der Waals surface area (Å²) in [5.41, 5.74) is 0.409. The van der Waals surface area contributed by atoms with Gasteiger partial charge in [0.2, 0.25) is 11.8 Å². The van der Waals surface area contributed by atoms with E-state index in [0.717, 1.165) is 5.56 Å². The Bertz CT molecular complexity index is 438. The maximum absolute atomic E-state index is 12.2. The molecule has 4 nitrogen and oxygen atoms in total. The van der Waals surface area contributed by atoms with E-state index >= 15 is 0 Å². The van der Waals surface area contributed by atoms with Crippen molar-refractivity contribution in [3.05, 3.63) is 22.4 Å². The highest BCUT2D eigenvalue weighted by molar-refractivity contribution is 7.07. The van der Waals surface area contributed by atoms with E-state index in [1.807, 2.05) is 30.7 Å². The smallest absolute Gasteiger partial charge is 0.246 e. The molecule has 18 heavy (non-hydrogen) atoms. The van der Waals surface area contributed by atoms with Crippen LogP contribution in [0.5, 0.6) is 0 Å². The number of rotatable bonds is 4. The first-order valence-electron chi connectivity index (χ1n) is 6.24. The minimum absolute atomic E-state index is 0.00417. The Morgan fingerprint density at radius 2 is 2.11 bits per heavy atom. The zero-order chi connectivity index (χ0) is 13.2. The third kappa shape index (κ3) is 2.03. The number of hydrogen-bond acceptors (Lipinski definition) is 3. The van der Waals surface area contributed by atoms with Crippen molar-refractivity contribution in [3.8, 4) is 0 Å². The maximum atomic E-state index is 12.2. The van der Waals surface area contributed by atoms with Crippen LogP contribution in [0.25, 0.3) is 0 Å². The zero-order valence-corrected chi connectivity index (χ0v) is 11.5. The van der Waals surface area contributed by atoms with Crippen molar-refractivity contribution in [1.29, 1.82) is 0 Å². The lowest BCUT2D eigenvalue weighted by molar-refractivity contribution is -0.155. The summed E-state index contributed by atoms with van der Waals surface area (Å²) in [6.45, 7) is 4.56. The monoisotopic (exact) mass is 266 g/mol. The van der Waals surface area contributed by atoms with Gasteiger partial charge in [-0.2, -0.15) is 11.3 Å². The predicted octanol–water partition coefficient (Wildman–Crippen LogP) is 1.77. The van der Waals surface area contributed by atoms with E-state index in [1.54, 1.807) is 16.2 Å². The first kappa shape index (κ1) is 13.1. The largest absolute Gasteiger partial charge is 0.345 e. The molecule has 0 saturated carbocycles. The van der Waals surface area contributed by atoms with Crippen LogP contribution in [0.4, 0.5) is 0 Å². The van der Waals surface area contributed by atoms with E-state index in [1.165, 1.54) is 0 Å². The first-order chi connectivity index (χ1) is 8.64. The summed E-state index contributed by atoms with van der Waals surface area (Å²) in [6.07, 6.45) is 1.29. The summed E-state index contributed by atoms with van der Waals surface area (Å²) in [4.78, 5) is 26.0. The van der Waals surface area contributed by atoms with Gasteiger partial charge < -0.3 is 10.2 Å². The fraction of sp³-hybridized carbons (Fsp3) is 0.538. The fourth-order valence-corrected chi connectivity index (χ4v) is 3.19. The number of hydrogen-bond donors (Lipinski definition) is 1. The lowest BCUT2D eigenvalue weighted by Crippen LogP contribution is -2.66. The molecule has 1 saturated heterocycles. The van der Waals surface area contributed by atoms with Gasteiger partial charge in [0.15, 0.2) is 0 Å². The standard InChI is InChI=1S/C13H18N2O2S/c1-3-13(4-2)12(17)14-7-11(16)15(13)8-10-5-6-18-9-10/h5-6,9H,3-4,7-8H2,1-2H3,(H,14,17). The number of amides is 2. The van der Waals surface area contributed by atoms with Crippen molar-refractivity contribution in [2.24, 2.45) is 0 Å². The normalized spacial score (nSPS) is 18.9. The molecule has 0 atom stereocenters. The van der Waals surface area contributed by atoms with Crippen LogP contribution in [0.3, 0.4) is 0 Å². The predicted molar refractivity (Wildman–Crippen MR) is 71.2 cm³/mol. The summed E-state index contributed by atoms with van der Waals surface area (Å²) in [6, 6.07) is 2.00. The molecule has 1 aliphatic rings. The Hall–Kier alpha value is -1.36. The van der Waals surface area contributed by atoms with Crippen molar-refractivity contribution in [2.45, 2.75) is 38.8 Å². The number of carbonyl (C=O) groups is 2. The van der Waals surface area contributed by atoms with Gasteiger partial charge in [0.05, 0.1) is 6.54 Å². The Kier molecular flexibility index (Phi) is 3.71. The van der Waals surface area contributed by atoms with Gasteiger partial charge in [-0.3, -0.25) is 9.59 Å². The molecular weight excluding hydrogens is 248 g/mol. The van der Waals surface area contributed by atoms with Crippen LogP contribution in [0.2, 0.25) is 0 Å². The van der Waals surface area contributed by atoms with E-state index in [0.29, 0.717) is 19.4 Å². The zero-order valence-electron chi connectivity index (χ0n) is 10.7. The molecule has 0 aliphatic carbocycles. The minimum atomic E-state index is -0.683. The number of nitrogens with zero attached hydrogens (tertiary/aromatic N) is 1. The van der Waals surface area contributed by atoms with Crippen LogP contribution in [0.15, 0.2) is 16.8 Å². The molecule has 1 fully saturated rings. The van der Waals surface area contributed by atoms with Crippen molar-refractivity contribution < 1.29 is 9.59 Å². The SMILES string of the molecule is CCC1(CC)C(=O)NCC(=O)N1Cc1ccsc1. The highest BCUT2D eigenvalue weighted by Gasteiger charge is 2.46. The van der Waals surface area contributed by atoms with Crippen LogP contribution in [0.1, 0.15) is 32.3 Å². The van der Waals surface area contributed by atoms with Gasteiger partial charge >= 0.3 is 0 Å². The van der Waals surface area contributed by atoms with Crippen molar-refractivity contribution in [3.63, 3.8) is 0 Å². The van der Waals surface area contributed by atoms with E-state index in [2.05, 4.69) is 5.32 Å². The third-order valence-corrected chi connectivity index (χ3v) is 4.46. The Balaban J connectivity index is 2.31. The van der Waals surface area contributed by atoms with Gasteiger partial charge in [-0.25, -0.2) is 0 Å². The second kappa shape index (κ2) is 5.10. The molecule has 0 radical (unpaired) electrons. The lowest BCUT2D eigenvalue weighted by Gasteiger charge is -2.45. The molecule has 2 heterocycles. The number of carbonyl (C=O) groups excluding carboxylic acids is 2. The van der Waals surface area contributed by atoms with E-state index in [4.69, 9.17) is 0 Å². The van der Waals surface area contributed by atoms with Crippen LogP contribution in [-0.2, 0) is 16.1 Å². The third-order valence-electron chi connectivity index (χ3n) is 3.73. The molecule has 0 spiro atoms. The molecule has 2 amide bonds. The first-order valence-corrected chi connectivity index (χ1v) is 7.18. The van der Waals surface area contributed by atoms with Crippen molar-refractivity contribution >= 4 is 23.2 Å². The molecule has 5 heteroatoms. The summed E-state index contributed by atoms with van der Waals surface area (Å²) in [7, 11) is 0. The second-order valence-corrected chi connectivity index (χ2v) is 5.31. The van der Waals surface area contributed by atoms with E-state index in [-0.39, 0.29) is 18.4 Å². The molecule has 1 aromatic rings. The fourth-order valence-electron chi connectivity index (χ4n) is 2.53. The molecular formula is C13H18N2O2S. The number of thiophene rings is 1. The van der Waals surface area contributed by atoms with E-state index < -0.39 is 5.54 Å². The lowest BCUT2D eigenvalue weighted by atomic mass is 9.87. The van der Waals surface area contributed by atoms with Crippen LogP contribution < -0.4 is 5.32 Å². The molecule has 0 aromatic carbocycles. The van der Waals surface area contributed by atoms with Crippen molar-refractivity contribution in [1.82, 2.24) is 10.2 Å². The average Bonchev–Trinajstić information content (AvgIpc) is 2.88. The van der Waals surface area contributed by atoms with Gasteiger partial charge in [0.1, 0.15) is 5.54 Å². The van der Waals surface area contributed by atoms with Crippen LogP contribution >= 0.6 is 11.3 Å². The highest BCUT2D eigenvalue weighted by atomic mass is 32.1. The van der Waals surface area contributed by atoms with Crippen LogP contribution in [-0.4, -0.2) is 28.8 Å². The van der Waals surface area contributed by atoms with Gasteiger partial charge in [-0.05, 0) is 35.2 Å². The van der Waals surface area contributed by atoms with Gasteiger partial charge in [0.25, 0.3) is 0 Å². The molecule has 2 rings (SSSR count). The molecule has 0 unspecified atom stereocenters. The topological polar surface area (TPSA) is 49.4 Å². The van der Waals surface area contributed by atoms with Crippen LogP contribution in [0, 0.1) is 0 Å². The summed E-state index contributed by atoms with van der Waals surface area (Å²) >= 11 is 1.61.